The zero-order valence-corrected chi connectivity index (χ0v) is 11.2. The summed E-state index contributed by atoms with van der Waals surface area (Å²) in [5.74, 6) is 0.727. The van der Waals surface area contributed by atoms with Crippen LogP contribution in [-0.2, 0) is 6.42 Å². The molecule has 1 aromatic carbocycles. The minimum Gasteiger partial charge on any atom is -0.494 e. The fraction of sp³-hybridized carbons (Fsp3) is 0.286. The average molecular weight is 261 g/mol. The van der Waals surface area contributed by atoms with Crippen molar-refractivity contribution < 1.29 is 9.13 Å². The van der Waals surface area contributed by atoms with Gasteiger partial charge in [0, 0.05) is 17.5 Å². The van der Waals surface area contributed by atoms with Gasteiger partial charge in [-0.1, -0.05) is 13.0 Å². The molecule has 1 aromatic heterocycles. The molecule has 0 aliphatic rings. The summed E-state index contributed by atoms with van der Waals surface area (Å²) >= 11 is 0. The Morgan fingerprint density at radius 1 is 1.32 bits per heavy atom. The Kier molecular flexibility index (Phi) is 3.64. The lowest BCUT2D eigenvalue weighted by Crippen LogP contribution is -2.05. The molecule has 1 heterocycles. The van der Waals surface area contributed by atoms with Crippen LogP contribution in [0.4, 0.5) is 10.2 Å². The number of nitrogens with zero attached hydrogens (tertiary/aromatic N) is 2. The molecule has 0 amide bonds. The van der Waals surface area contributed by atoms with E-state index in [0.29, 0.717) is 34.9 Å². The molecular weight excluding hydrogens is 245 g/mol. The van der Waals surface area contributed by atoms with E-state index in [1.165, 1.54) is 7.11 Å². The molecule has 0 radical (unpaired) electrons. The molecule has 100 valence electrons. The van der Waals surface area contributed by atoms with E-state index in [1.807, 2.05) is 6.92 Å². The molecule has 0 fully saturated rings. The lowest BCUT2D eigenvalue weighted by atomic mass is 10.1. The van der Waals surface area contributed by atoms with Crippen LogP contribution in [0, 0.1) is 12.7 Å². The lowest BCUT2D eigenvalue weighted by Gasteiger charge is -2.11. The summed E-state index contributed by atoms with van der Waals surface area (Å²) in [6, 6.07) is 4.95. The number of halogens is 1. The number of methoxy groups -OCH3 is 1. The molecule has 4 nitrogen and oxygen atoms in total. The summed E-state index contributed by atoms with van der Waals surface area (Å²) in [6.45, 7) is 3.71. The number of aryl methyl sites for hydroxylation is 1. The second-order valence-electron chi connectivity index (χ2n) is 4.17. The topological polar surface area (TPSA) is 61.0 Å². The molecule has 0 atom stereocenters. The fourth-order valence-electron chi connectivity index (χ4n) is 1.85. The van der Waals surface area contributed by atoms with E-state index in [4.69, 9.17) is 10.5 Å². The summed E-state index contributed by atoms with van der Waals surface area (Å²) < 4.78 is 19.3. The van der Waals surface area contributed by atoms with Gasteiger partial charge >= 0.3 is 0 Å². The van der Waals surface area contributed by atoms with Crippen LogP contribution in [0.5, 0.6) is 5.75 Å². The van der Waals surface area contributed by atoms with Crippen molar-refractivity contribution in [3.05, 3.63) is 35.4 Å². The highest BCUT2D eigenvalue weighted by molar-refractivity contribution is 5.69. The van der Waals surface area contributed by atoms with Crippen molar-refractivity contribution in [2.24, 2.45) is 0 Å². The number of nitrogen functional groups attached to an aromatic ring is 1. The average Bonchev–Trinajstić information content (AvgIpc) is 2.42. The summed E-state index contributed by atoms with van der Waals surface area (Å²) in [7, 11) is 1.43. The first-order valence-electron chi connectivity index (χ1n) is 6.04. The number of ether oxygens (including phenoxy) is 1. The van der Waals surface area contributed by atoms with Crippen molar-refractivity contribution in [1.82, 2.24) is 9.97 Å². The van der Waals surface area contributed by atoms with E-state index in [9.17, 15) is 4.39 Å². The minimum atomic E-state index is -0.437. The lowest BCUT2D eigenvalue weighted by molar-refractivity contribution is 0.387. The van der Waals surface area contributed by atoms with Gasteiger partial charge in [0.15, 0.2) is 11.6 Å². The second-order valence-corrected chi connectivity index (χ2v) is 4.17. The van der Waals surface area contributed by atoms with Crippen molar-refractivity contribution in [3.63, 3.8) is 0 Å². The van der Waals surface area contributed by atoms with Crippen LogP contribution in [0.25, 0.3) is 11.3 Å². The van der Waals surface area contributed by atoms with Gasteiger partial charge in [0.25, 0.3) is 0 Å². The summed E-state index contributed by atoms with van der Waals surface area (Å²) in [5, 5.41) is 0. The molecule has 0 unspecified atom stereocenters. The highest BCUT2D eigenvalue weighted by Crippen LogP contribution is 2.31. The van der Waals surface area contributed by atoms with Crippen LogP contribution in [0.15, 0.2) is 18.2 Å². The van der Waals surface area contributed by atoms with Crippen LogP contribution < -0.4 is 10.5 Å². The van der Waals surface area contributed by atoms with Crippen LogP contribution in [0.2, 0.25) is 0 Å². The van der Waals surface area contributed by atoms with Crippen LogP contribution in [-0.4, -0.2) is 17.1 Å². The van der Waals surface area contributed by atoms with Gasteiger partial charge in [0.1, 0.15) is 11.6 Å². The van der Waals surface area contributed by atoms with Gasteiger partial charge in [0.05, 0.1) is 12.8 Å². The molecule has 0 saturated heterocycles. The van der Waals surface area contributed by atoms with Gasteiger partial charge < -0.3 is 10.5 Å². The van der Waals surface area contributed by atoms with E-state index in [-0.39, 0.29) is 5.75 Å². The van der Waals surface area contributed by atoms with Gasteiger partial charge in [-0.2, -0.15) is 0 Å². The standard InChI is InChI=1S/C14H16FN3O/c1-4-11-17-13(8(2)14(16)18-11)9-6-5-7-10(19-3)12(9)15/h5-7H,4H2,1-3H3,(H2,16,17,18). The third-order valence-corrected chi connectivity index (χ3v) is 2.98. The zero-order valence-electron chi connectivity index (χ0n) is 11.2. The second kappa shape index (κ2) is 5.22. The smallest absolute Gasteiger partial charge is 0.174 e. The van der Waals surface area contributed by atoms with Gasteiger partial charge in [-0.3, -0.25) is 0 Å². The normalized spacial score (nSPS) is 10.5. The highest BCUT2D eigenvalue weighted by atomic mass is 19.1. The van der Waals surface area contributed by atoms with Crippen LogP contribution in [0.3, 0.4) is 0 Å². The molecule has 0 saturated carbocycles. The Bertz CT molecular complexity index is 614. The minimum absolute atomic E-state index is 0.187. The molecule has 2 aromatic rings. The summed E-state index contributed by atoms with van der Waals surface area (Å²) in [6.07, 6.45) is 0.642. The van der Waals surface area contributed by atoms with Gasteiger partial charge in [-0.05, 0) is 19.1 Å². The monoisotopic (exact) mass is 261 g/mol. The Morgan fingerprint density at radius 2 is 2.05 bits per heavy atom. The fourth-order valence-corrected chi connectivity index (χ4v) is 1.85. The molecule has 0 aliphatic carbocycles. The maximum atomic E-state index is 14.3. The Labute approximate surface area is 111 Å². The van der Waals surface area contributed by atoms with Crippen LogP contribution in [0.1, 0.15) is 18.3 Å². The van der Waals surface area contributed by atoms with Crippen molar-refractivity contribution in [3.8, 4) is 17.0 Å². The van der Waals surface area contributed by atoms with E-state index < -0.39 is 5.82 Å². The SMILES string of the molecule is CCc1nc(N)c(C)c(-c2cccc(OC)c2F)n1. The molecule has 19 heavy (non-hydrogen) atoms. The summed E-state index contributed by atoms with van der Waals surface area (Å²) in [4.78, 5) is 8.53. The van der Waals surface area contributed by atoms with Gasteiger partial charge in [-0.15, -0.1) is 0 Å². The van der Waals surface area contributed by atoms with Crippen LogP contribution >= 0.6 is 0 Å². The number of nitrogens with two attached hydrogens (primary N) is 1. The van der Waals surface area contributed by atoms with E-state index >= 15 is 0 Å². The first-order chi connectivity index (χ1) is 9.08. The highest BCUT2D eigenvalue weighted by Gasteiger charge is 2.16. The Balaban J connectivity index is 2.68. The number of hydrogen-bond donors (Lipinski definition) is 1. The summed E-state index contributed by atoms with van der Waals surface area (Å²) in [5.41, 5.74) is 7.41. The molecule has 5 heteroatoms. The number of hydrogen-bond acceptors (Lipinski definition) is 4. The predicted octanol–water partition coefficient (Wildman–Crippen LogP) is 2.74. The van der Waals surface area contributed by atoms with Crippen molar-refractivity contribution >= 4 is 5.82 Å². The largest absolute Gasteiger partial charge is 0.494 e. The van der Waals surface area contributed by atoms with Gasteiger partial charge in [0.2, 0.25) is 0 Å². The maximum Gasteiger partial charge on any atom is 0.174 e. The maximum absolute atomic E-state index is 14.3. The Morgan fingerprint density at radius 3 is 2.68 bits per heavy atom. The first-order valence-corrected chi connectivity index (χ1v) is 6.04. The number of rotatable bonds is 3. The Hall–Kier alpha value is -2.17. The van der Waals surface area contributed by atoms with E-state index in [0.717, 1.165) is 0 Å². The third kappa shape index (κ3) is 2.36. The molecule has 0 spiro atoms. The number of benzene rings is 1. The molecule has 0 bridgehead atoms. The van der Waals surface area contributed by atoms with Gasteiger partial charge in [-0.25, -0.2) is 14.4 Å². The van der Waals surface area contributed by atoms with Crippen molar-refractivity contribution in [1.29, 1.82) is 0 Å². The molecular formula is C14H16FN3O. The number of anilines is 1. The van der Waals surface area contributed by atoms with Crippen molar-refractivity contribution in [2.45, 2.75) is 20.3 Å². The molecule has 0 aliphatic heterocycles. The molecule has 2 rings (SSSR count). The van der Waals surface area contributed by atoms with E-state index in [2.05, 4.69) is 9.97 Å². The number of aromatic nitrogens is 2. The van der Waals surface area contributed by atoms with E-state index in [1.54, 1.807) is 25.1 Å². The first kappa shape index (κ1) is 13.3. The molecule has 2 N–H and O–H groups in total. The van der Waals surface area contributed by atoms with Crippen molar-refractivity contribution in [2.75, 3.05) is 12.8 Å². The zero-order chi connectivity index (χ0) is 14.0. The predicted molar refractivity (Wildman–Crippen MR) is 72.5 cm³/mol. The third-order valence-electron chi connectivity index (χ3n) is 2.98. The quantitative estimate of drug-likeness (QED) is 0.922.